The quantitative estimate of drug-likeness (QED) is 0.726. The highest BCUT2D eigenvalue weighted by atomic mass is 79.9. The Labute approximate surface area is 111 Å². The zero-order chi connectivity index (χ0) is 11.4. The molecule has 2 unspecified atom stereocenters. The normalized spacial score (nSPS) is 31.4. The van der Waals surface area contributed by atoms with Gasteiger partial charge in [-0.3, -0.25) is 4.99 Å². The average Bonchev–Trinajstić information content (AvgIpc) is 2.66. The van der Waals surface area contributed by atoms with Crippen LogP contribution < -0.4 is 0 Å². The van der Waals surface area contributed by atoms with Crippen molar-refractivity contribution in [3.63, 3.8) is 0 Å². The van der Waals surface area contributed by atoms with E-state index in [9.17, 15) is 0 Å². The van der Waals surface area contributed by atoms with Gasteiger partial charge < -0.3 is 4.90 Å². The molecule has 0 aromatic rings. The third kappa shape index (κ3) is 2.95. The van der Waals surface area contributed by atoms with Crippen molar-refractivity contribution in [2.75, 3.05) is 18.4 Å². The van der Waals surface area contributed by atoms with Crippen molar-refractivity contribution in [3.05, 3.63) is 0 Å². The molecular weight excluding hydrogens is 284 g/mol. The second-order valence-electron chi connectivity index (χ2n) is 4.62. The number of amidine groups is 1. The molecule has 0 aromatic carbocycles. The molecule has 0 aliphatic carbocycles. The number of aliphatic imine (C=N–C) groups is 1. The van der Waals surface area contributed by atoms with Gasteiger partial charge in [-0.15, -0.1) is 0 Å². The molecule has 0 aromatic heterocycles. The van der Waals surface area contributed by atoms with Crippen LogP contribution in [0.1, 0.15) is 39.0 Å². The van der Waals surface area contributed by atoms with Crippen molar-refractivity contribution >= 4 is 32.9 Å². The van der Waals surface area contributed by atoms with Crippen LogP contribution in [0, 0.1) is 0 Å². The average molecular weight is 305 g/mol. The molecule has 0 spiro atoms. The van der Waals surface area contributed by atoms with Crippen molar-refractivity contribution in [1.29, 1.82) is 0 Å². The fraction of sp³-hybridized carbons (Fsp3) is 0.917. The summed E-state index contributed by atoms with van der Waals surface area (Å²) >= 11 is 5.54. The van der Waals surface area contributed by atoms with Gasteiger partial charge in [-0.1, -0.05) is 47.5 Å². The van der Waals surface area contributed by atoms with E-state index in [0.29, 0.717) is 5.25 Å². The van der Waals surface area contributed by atoms with Crippen molar-refractivity contribution in [1.82, 2.24) is 4.90 Å². The number of thioether (sulfide) groups is 1. The smallest absolute Gasteiger partial charge is 0.159 e. The molecule has 2 aliphatic heterocycles. The number of halogens is 1. The maximum absolute atomic E-state index is 4.73. The van der Waals surface area contributed by atoms with Crippen LogP contribution >= 0.6 is 27.7 Å². The molecule has 0 saturated carbocycles. The lowest BCUT2D eigenvalue weighted by Gasteiger charge is -2.30. The van der Waals surface area contributed by atoms with Gasteiger partial charge >= 0.3 is 0 Å². The van der Waals surface area contributed by atoms with Crippen LogP contribution in [0.2, 0.25) is 0 Å². The third-order valence-corrected chi connectivity index (χ3v) is 5.90. The number of rotatable bonds is 2. The van der Waals surface area contributed by atoms with Crippen molar-refractivity contribution in [2.24, 2.45) is 4.99 Å². The first kappa shape index (κ1) is 12.7. The fourth-order valence-electron chi connectivity index (χ4n) is 2.50. The van der Waals surface area contributed by atoms with Crippen LogP contribution in [0.25, 0.3) is 0 Å². The van der Waals surface area contributed by atoms with Gasteiger partial charge in [-0.2, -0.15) is 0 Å². The zero-order valence-electron chi connectivity index (χ0n) is 9.99. The van der Waals surface area contributed by atoms with Gasteiger partial charge in [0.15, 0.2) is 5.17 Å². The van der Waals surface area contributed by atoms with Gasteiger partial charge in [0, 0.05) is 23.2 Å². The van der Waals surface area contributed by atoms with E-state index >= 15 is 0 Å². The van der Waals surface area contributed by atoms with E-state index in [2.05, 4.69) is 27.8 Å². The van der Waals surface area contributed by atoms with E-state index in [0.717, 1.165) is 17.9 Å². The van der Waals surface area contributed by atoms with E-state index in [1.807, 2.05) is 11.8 Å². The fourth-order valence-corrected chi connectivity index (χ4v) is 4.13. The Balaban J connectivity index is 2.00. The second-order valence-corrected chi connectivity index (χ2v) is 6.54. The minimum Gasteiger partial charge on any atom is -0.349 e. The van der Waals surface area contributed by atoms with E-state index in [-0.39, 0.29) is 0 Å². The van der Waals surface area contributed by atoms with Crippen molar-refractivity contribution < 1.29 is 0 Å². The summed E-state index contributed by atoms with van der Waals surface area (Å²) in [5.41, 5.74) is 0. The Bertz CT molecular complexity index is 257. The van der Waals surface area contributed by atoms with Crippen molar-refractivity contribution in [3.8, 4) is 0 Å². The van der Waals surface area contributed by atoms with Crippen LogP contribution in [-0.2, 0) is 0 Å². The molecule has 0 amide bonds. The maximum Gasteiger partial charge on any atom is 0.159 e. The van der Waals surface area contributed by atoms with Gasteiger partial charge in [0.25, 0.3) is 0 Å². The molecule has 2 aliphatic rings. The summed E-state index contributed by atoms with van der Waals surface area (Å²) in [6.07, 6.45) is 6.75. The molecule has 2 atom stereocenters. The van der Waals surface area contributed by atoms with Crippen molar-refractivity contribution in [2.45, 2.75) is 50.3 Å². The summed E-state index contributed by atoms with van der Waals surface area (Å²) in [4.78, 5) is 7.31. The van der Waals surface area contributed by atoms with E-state index in [4.69, 9.17) is 4.99 Å². The molecule has 2 heterocycles. The molecule has 0 N–H and O–H groups in total. The van der Waals surface area contributed by atoms with Gasteiger partial charge in [-0.05, 0) is 19.3 Å². The largest absolute Gasteiger partial charge is 0.349 e. The lowest BCUT2D eigenvalue weighted by molar-refractivity contribution is 0.312. The van der Waals surface area contributed by atoms with Crippen LogP contribution in [-0.4, -0.2) is 39.8 Å². The highest BCUT2D eigenvalue weighted by Gasteiger charge is 2.28. The van der Waals surface area contributed by atoms with E-state index in [1.54, 1.807) is 0 Å². The van der Waals surface area contributed by atoms with Crippen LogP contribution in [0.15, 0.2) is 4.99 Å². The summed E-state index contributed by atoms with van der Waals surface area (Å²) in [5, 5.41) is 3.05. The monoisotopic (exact) mass is 304 g/mol. The zero-order valence-corrected chi connectivity index (χ0v) is 12.4. The lowest BCUT2D eigenvalue weighted by atomic mass is 10.1. The molecule has 1 saturated heterocycles. The first-order chi connectivity index (χ1) is 7.85. The number of hydrogen-bond donors (Lipinski definition) is 0. The minimum atomic E-state index is 0.663. The molecule has 92 valence electrons. The Hall–Kier alpha value is 0.300. The Morgan fingerprint density at radius 3 is 3.00 bits per heavy atom. The van der Waals surface area contributed by atoms with Gasteiger partial charge in [0.05, 0.1) is 6.54 Å². The highest BCUT2D eigenvalue weighted by Crippen LogP contribution is 2.29. The molecule has 2 nitrogen and oxygen atoms in total. The summed E-state index contributed by atoms with van der Waals surface area (Å²) in [5.74, 6) is 0. The predicted molar refractivity (Wildman–Crippen MR) is 76.7 cm³/mol. The SMILES string of the molecule is CCC1CCCCCN1C1=NCC(CBr)S1. The predicted octanol–water partition coefficient (Wildman–Crippen LogP) is 3.51. The molecule has 0 radical (unpaired) electrons. The first-order valence-corrected chi connectivity index (χ1v) is 8.39. The number of likely N-dealkylation sites (tertiary alicyclic amines) is 1. The summed E-state index contributed by atoms with van der Waals surface area (Å²) in [6.45, 7) is 4.53. The topological polar surface area (TPSA) is 15.6 Å². The van der Waals surface area contributed by atoms with E-state index in [1.165, 1.54) is 43.8 Å². The Morgan fingerprint density at radius 1 is 1.44 bits per heavy atom. The lowest BCUT2D eigenvalue weighted by Crippen LogP contribution is -2.37. The number of hydrogen-bond acceptors (Lipinski definition) is 3. The Kier molecular flexibility index (Phi) is 5.01. The molecule has 16 heavy (non-hydrogen) atoms. The first-order valence-electron chi connectivity index (χ1n) is 6.39. The minimum absolute atomic E-state index is 0.663. The Morgan fingerprint density at radius 2 is 2.31 bits per heavy atom. The van der Waals surface area contributed by atoms with Crippen LogP contribution in [0.5, 0.6) is 0 Å². The standard InChI is InChI=1S/C12H21BrN2S/c1-2-10-6-4-3-5-7-15(10)12-14-9-11(8-13)16-12/h10-11H,2-9H2,1H3. The number of alkyl halides is 1. The summed E-state index contributed by atoms with van der Waals surface area (Å²) in [7, 11) is 0. The summed E-state index contributed by atoms with van der Waals surface area (Å²) in [6, 6.07) is 0.739. The molecule has 2 rings (SSSR count). The van der Waals surface area contributed by atoms with Gasteiger partial charge in [0.1, 0.15) is 0 Å². The summed E-state index contributed by atoms with van der Waals surface area (Å²) < 4.78 is 0. The molecule has 1 fully saturated rings. The third-order valence-electron chi connectivity index (χ3n) is 3.47. The molecule has 4 heteroatoms. The highest BCUT2D eigenvalue weighted by molar-refractivity contribution is 9.09. The molecule has 0 bridgehead atoms. The van der Waals surface area contributed by atoms with Crippen LogP contribution in [0.4, 0.5) is 0 Å². The molecular formula is C12H21BrN2S. The second kappa shape index (κ2) is 6.29. The van der Waals surface area contributed by atoms with Gasteiger partial charge in [0.2, 0.25) is 0 Å². The number of nitrogens with zero attached hydrogens (tertiary/aromatic N) is 2. The van der Waals surface area contributed by atoms with E-state index < -0.39 is 0 Å². The maximum atomic E-state index is 4.73. The van der Waals surface area contributed by atoms with Crippen LogP contribution in [0.3, 0.4) is 0 Å². The van der Waals surface area contributed by atoms with Gasteiger partial charge in [-0.25, -0.2) is 0 Å².